The number of hydrogen-bond donors (Lipinski definition) is 0. The molecule has 10 rings (SSSR count). The molecule has 0 saturated carbocycles. The number of benzene rings is 2. The fourth-order valence-corrected chi connectivity index (χ4v) is 5.62. The molecule has 0 atom stereocenters. The van der Waals surface area contributed by atoms with Gasteiger partial charge in [0.15, 0.2) is 0 Å². The van der Waals surface area contributed by atoms with Gasteiger partial charge in [0.2, 0.25) is 0 Å². The average molecular weight is 655 g/mol. The van der Waals surface area contributed by atoms with Crippen LogP contribution in [-0.2, 0) is 27.4 Å². The van der Waals surface area contributed by atoms with Crippen molar-refractivity contribution in [3.8, 4) is 0 Å². The second-order valence-corrected chi connectivity index (χ2v) is 10.4. The molecule has 8 aliphatic heterocycles. The quantitative estimate of drug-likeness (QED) is 0.218. The van der Waals surface area contributed by atoms with Crippen molar-refractivity contribution in [2.75, 3.05) is 80.0 Å². The molecule has 16 nitrogen and oxygen atoms in total. The van der Waals surface area contributed by atoms with Gasteiger partial charge in [0.25, 0.3) is 0 Å². The van der Waals surface area contributed by atoms with E-state index >= 15 is 0 Å². The van der Waals surface area contributed by atoms with Gasteiger partial charge in [0, 0.05) is 0 Å². The molecule has 0 aromatic heterocycles. The average Bonchev–Trinajstić information content (AvgIpc) is 2.89. The van der Waals surface area contributed by atoms with Gasteiger partial charge in [-0.2, -0.15) is 0 Å². The number of hydrogen-bond acceptors (Lipinski definition) is 12. The van der Waals surface area contributed by atoms with Crippen LogP contribution in [0.25, 0.3) is 0 Å². The van der Waals surface area contributed by atoms with Crippen molar-refractivity contribution in [2.45, 2.75) is 0 Å². The zero-order chi connectivity index (χ0) is 26.5. The van der Waals surface area contributed by atoms with Crippen molar-refractivity contribution >= 4 is 11.9 Å². The largest absolute Gasteiger partial charge is 2.00 e. The fraction of sp³-hybridized carbons (Fsp3) is 0.462. The molecule has 17 heteroatoms. The third kappa shape index (κ3) is 11.4. The molecule has 8 saturated heterocycles. The Kier molecular flexibility index (Phi) is 17.8. The van der Waals surface area contributed by atoms with Crippen molar-refractivity contribution in [3.05, 3.63) is 71.8 Å². The maximum atomic E-state index is 10.1. The summed E-state index contributed by atoms with van der Waals surface area (Å²) in [6.07, 6.45) is 0. The van der Waals surface area contributed by atoms with E-state index in [-0.39, 0.29) is 49.5 Å². The molecule has 10 N–H and O–H groups in total. The summed E-state index contributed by atoms with van der Waals surface area (Å²) >= 11 is 0. The summed E-state index contributed by atoms with van der Waals surface area (Å²) in [6, 6.07) is 16.1. The third-order valence-electron chi connectivity index (χ3n) is 6.82. The first kappa shape index (κ1) is 40.4. The number of carboxylic acids is 2. The number of rotatable bonds is 2. The molecule has 8 fully saturated rings. The SMILES string of the molecule is C1N2CN3CN1CN(C2)C3.C1N2CN3CN1CN(C2)C3.O.O.O=C([O-])c1ccccc1.O=C([O-])c1ccccc1.[Ni+2].[OH3+].[OH3+]. The Bertz CT molecular complexity index is 893. The van der Waals surface area contributed by atoms with Crippen LogP contribution in [0.3, 0.4) is 0 Å². The van der Waals surface area contributed by atoms with E-state index in [2.05, 4.69) is 39.2 Å². The van der Waals surface area contributed by atoms with Gasteiger partial charge < -0.3 is 41.7 Å². The minimum absolute atomic E-state index is 0. The summed E-state index contributed by atoms with van der Waals surface area (Å²) in [4.78, 5) is 39.9. The third-order valence-corrected chi connectivity index (χ3v) is 6.82. The Morgan fingerprint density at radius 3 is 0.698 bits per heavy atom. The molecule has 0 aliphatic carbocycles. The van der Waals surface area contributed by atoms with Crippen molar-refractivity contribution in [1.29, 1.82) is 0 Å². The fourth-order valence-electron chi connectivity index (χ4n) is 5.62. The second kappa shape index (κ2) is 18.9. The van der Waals surface area contributed by atoms with Gasteiger partial charge in [0.1, 0.15) is 0 Å². The first-order chi connectivity index (χ1) is 18.4. The van der Waals surface area contributed by atoms with Crippen molar-refractivity contribution < 1.29 is 58.2 Å². The summed E-state index contributed by atoms with van der Waals surface area (Å²) < 4.78 is 0. The monoisotopic (exact) mass is 654 g/mol. The summed E-state index contributed by atoms with van der Waals surface area (Å²) in [5.41, 5.74) is 0.440. The Morgan fingerprint density at radius 2 is 0.581 bits per heavy atom. The Balaban J connectivity index is 0.000000528. The van der Waals surface area contributed by atoms with Gasteiger partial charge in [0.05, 0.1) is 92.0 Å². The van der Waals surface area contributed by atoms with E-state index in [0.717, 1.165) is 0 Å². The number of carbonyl (C=O) groups is 2. The first-order valence-electron chi connectivity index (χ1n) is 12.7. The van der Waals surface area contributed by atoms with Crippen molar-refractivity contribution in [3.63, 3.8) is 0 Å². The molecule has 43 heavy (non-hydrogen) atoms. The van der Waals surface area contributed by atoms with Crippen LogP contribution in [0.1, 0.15) is 20.7 Å². The van der Waals surface area contributed by atoms with Gasteiger partial charge in [-0.15, -0.1) is 0 Å². The molecule has 0 amide bonds. The van der Waals surface area contributed by atoms with Crippen LogP contribution < -0.4 is 10.2 Å². The van der Waals surface area contributed by atoms with Crippen LogP contribution in [0.4, 0.5) is 0 Å². The standard InChI is InChI=1S/2C7H6O2.2C6H12N4.Ni.4H2O/c2*8-7(9)6-4-2-1-3-5-6;2*1-7-2-9-4-8(1)5-10(3-7)6-9;;;;;/h2*1-5H,(H,8,9);2*1-6H2;;4*1H2/q;;;;+2;;;;. The van der Waals surface area contributed by atoms with Gasteiger partial charge in [-0.05, 0) is 11.1 Å². The molecule has 244 valence electrons. The van der Waals surface area contributed by atoms with E-state index in [4.69, 9.17) is 0 Å². The molecule has 0 spiro atoms. The van der Waals surface area contributed by atoms with Gasteiger partial charge in [-0.25, -0.2) is 0 Å². The predicted octanol–water partition coefficient (Wildman–Crippen LogP) is -5.44. The second-order valence-electron chi connectivity index (χ2n) is 10.4. The van der Waals surface area contributed by atoms with E-state index in [0.29, 0.717) is 0 Å². The molecule has 8 aliphatic rings. The first-order valence-corrected chi connectivity index (χ1v) is 12.7. The van der Waals surface area contributed by atoms with Crippen LogP contribution in [0.2, 0.25) is 0 Å². The van der Waals surface area contributed by atoms with Gasteiger partial charge in [-0.1, -0.05) is 60.7 Å². The normalized spacial score (nSPS) is 30.5. The molecule has 2 aromatic rings. The molecule has 8 heterocycles. The number of carboxylic acid groups (broad SMARTS) is 2. The zero-order valence-electron chi connectivity index (χ0n) is 23.9. The molecule has 8 bridgehead atoms. The van der Waals surface area contributed by atoms with Crippen LogP contribution in [0.15, 0.2) is 60.7 Å². The van der Waals surface area contributed by atoms with E-state index < -0.39 is 11.9 Å². The Hall–Kier alpha value is -2.61. The molecular formula is C26H44N8NiO8+2. The predicted molar refractivity (Wildman–Crippen MR) is 152 cm³/mol. The van der Waals surface area contributed by atoms with Crippen molar-refractivity contribution in [1.82, 2.24) is 39.2 Å². The van der Waals surface area contributed by atoms with Crippen LogP contribution in [-0.4, -0.2) is 142 Å². The Morgan fingerprint density at radius 1 is 0.419 bits per heavy atom. The molecule has 0 radical (unpaired) electrons. The van der Waals surface area contributed by atoms with Gasteiger partial charge in [-0.3, -0.25) is 39.2 Å². The van der Waals surface area contributed by atoms with E-state index in [1.807, 2.05) is 0 Å². The Labute approximate surface area is 261 Å². The summed E-state index contributed by atoms with van der Waals surface area (Å²) in [6.45, 7) is 14.2. The molecule has 2 aromatic carbocycles. The number of aromatic carboxylic acids is 2. The summed E-state index contributed by atoms with van der Waals surface area (Å²) in [5.74, 6) is -2.26. The van der Waals surface area contributed by atoms with Crippen LogP contribution in [0, 0.1) is 0 Å². The minimum atomic E-state index is -1.13. The zero-order valence-corrected chi connectivity index (χ0v) is 24.9. The van der Waals surface area contributed by atoms with E-state index in [1.165, 1.54) is 104 Å². The maximum Gasteiger partial charge on any atom is 2.00 e. The van der Waals surface area contributed by atoms with Gasteiger partial charge >= 0.3 is 16.5 Å². The van der Waals surface area contributed by atoms with E-state index in [1.54, 1.807) is 36.4 Å². The van der Waals surface area contributed by atoms with Crippen molar-refractivity contribution in [2.24, 2.45) is 0 Å². The van der Waals surface area contributed by atoms with E-state index in [9.17, 15) is 19.8 Å². The molecular weight excluding hydrogens is 611 g/mol. The number of carbonyl (C=O) groups excluding carboxylic acids is 2. The summed E-state index contributed by atoms with van der Waals surface area (Å²) in [7, 11) is 0. The molecule has 0 unspecified atom stereocenters. The van der Waals surface area contributed by atoms with Crippen LogP contribution >= 0.6 is 0 Å². The minimum Gasteiger partial charge on any atom is -0.545 e. The van der Waals surface area contributed by atoms with Crippen LogP contribution in [0.5, 0.6) is 0 Å². The number of nitrogens with zero attached hydrogens (tertiary/aromatic N) is 8. The smallest absolute Gasteiger partial charge is 0.545 e. The maximum absolute atomic E-state index is 10.1. The topological polar surface area (TPSA) is 235 Å². The summed E-state index contributed by atoms with van der Waals surface area (Å²) in [5, 5.41) is 20.2.